The van der Waals surface area contributed by atoms with Crippen molar-refractivity contribution in [3.05, 3.63) is 30.3 Å². The Bertz CT molecular complexity index is 305. The minimum absolute atomic E-state index is 0.0590. The van der Waals surface area contributed by atoms with Crippen LogP contribution in [0.1, 0.15) is 13.8 Å². The van der Waals surface area contributed by atoms with Crippen molar-refractivity contribution in [1.29, 1.82) is 0 Å². The van der Waals surface area contributed by atoms with Crippen molar-refractivity contribution in [2.75, 3.05) is 0 Å². The van der Waals surface area contributed by atoms with Crippen LogP contribution < -0.4 is 3.95 Å². The van der Waals surface area contributed by atoms with E-state index in [1.807, 2.05) is 30.3 Å². The predicted molar refractivity (Wildman–Crippen MR) is 47.4 cm³/mol. The van der Waals surface area contributed by atoms with Crippen LogP contribution >= 0.6 is 0 Å². The molecule has 73 valence electrons. The summed E-state index contributed by atoms with van der Waals surface area (Å²) in [5.74, 6) is 0. The van der Waals surface area contributed by atoms with Crippen molar-refractivity contribution in [2.45, 2.75) is 13.8 Å². The molecule has 0 amide bonds. The molecule has 1 aromatic carbocycles. The van der Waals surface area contributed by atoms with Crippen LogP contribution in [-0.2, 0) is 26.9 Å². The first kappa shape index (κ1) is 10.3. The quantitative estimate of drug-likeness (QED) is 0.809. The van der Waals surface area contributed by atoms with Crippen LogP contribution in [0, 0.1) is 0 Å². The second-order valence-corrected chi connectivity index (χ2v) is 8.57. The van der Waals surface area contributed by atoms with Crippen molar-refractivity contribution in [3.8, 4) is 0 Å². The molecule has 0 saturated heterocycles. The first-order chi connectivity index (χ1) is 6.13. The second kappa shape index (κ2) is 4.47. The van der Waals surface area contributed by atoms with E-state index in [4.69, 9.17) is 0 Å². The third kappa shape index (κ3) is 2.60. The first-order valence-electron chi connectivity index (χ1n) is 3.79. The van der Waals surface area contributed by atoms with E-state index in [9.17, 15) is 9.59 Å². The summed E-state index contributed by atoms with van der Waals surface area (Å²) in [6.45, 7) is 3.03. The van der Waals surface area contributed by atoms with Gasteiger partial charge in [-0.15, -0.1) is 0 Å². The fourth-order valence-electron chi connectivity index (χ4n) is 0.922. The summed E-state index contributed by atoms with van der Waals surface area (Å²) in [6, 6.07) is 9.36. The van der Waals surface area contributed by atoms with Gasteiger partial charge >= 0.3 is 83.4 Å². The molecule has 0 unspecified atom stereocenters. The van der Waals surface area contributed by atoms with Gasteiger partial charge in [-0.2, -0.15) is 0 Å². The molecule has 3 heteroatoms. The van der Waals surface area contributed by atoms with Gasteiger partial charge in [-0.1, -0.05) is 0 Å². The van der Waals surface area contributed by atoms with Gasteiger partial charge in [0.05, 0.1) is 0 Å². The molecule has 0 saturated carbocycles. The predicted octanol–water partition coefficient (Wildman–Crippen LogP) is 1.02. The topological polar surface area (TPSA) is 34.1 Å². The molecule has 1 aromatic rings. The molecule has 0 heterocycles. The molecule has 0 aliphatic carbocycles. The Kier molecular flexibility index (Phi) is 3.56. The normalized spacial score (nSPS) is 10.8. The molecule has 0 atom stereocenters. The molecular formula is C10H11O2Pt. The molecule has 0 bridgehead atoms. The molecule has 0 aliphatic rings. The number of benzene rings is 1. The van der Waals surface area contributed by atoms with Gasteiger partial charge in [0, 0.05) is 0 Å². The molecule has 0 spiro atoms. The average Bonchev–Trinajstić information content (AvgIpc) is 2.04. The molecule has 0 radical (unpaired) electrons. The molecule has 2 nitrogen and oxygen atoms in total. The van der Waals surface area contributed by atoms with Crippen LogP contribution in [-0.4, -0.2) is 8.35 Å². The zero-order valence-corrected chi connectivity index (χ0v) is 9.79. The maximum absolute atomic E-state index is 11.2. The van der Waals surface area contributed by atoms with E-state index in [0.29, 0.717) is 0 Å². The Morgan fingerprint density at radius 3 is 1.85 bits per heavy atom. The second-order valence-electron chi connectivity index (χ2n) is 2.35. The number of rotatable bonds is 3. The van der Waals surface area contributed by atoms with Crippen molar-refractivity contribution < 1.29 is 26.9 Å². The summed E-state index contributed by atoms with van der Waals surface area (Å²) in [5.41, 5.74) is 0. The summed E-state index contributed by atoms with van der Waals surface area (Å²) < 4.78 is 1.06. The van der Waals surface area contributed by atoms with E-state index >= 15 is 0 Å². The number of carbonyl (C=O) groups is 2. The Balaban J connectivity index is 3.03. The third-order valence-electron chi connectivity index (χ3n) is 1.34. The van der Waals surface area contributed by atoms with Crippen molar-refractivity contribution in [3.63, 3.8) is 0 Å². The standard InChI is InChI=1S/C6H5.2C2H3O.Pt/c1-2-4-6-5-3-1;2*1-2-3;/h1-5H;2*1H3;. The summed E-state index contributed by atoms with van der Waals surface area (Å²) in [5, 5.41) is 0. The number of carbonyl (C=O) groups excluding carboxylic acids is 2. The fraction of sp³-hybridized carbons (Fsp3) is 0.200. The molecule has 0 N–H and O–H groups in total. The van der Waals surface area contributed by atoms with Gasteiger partial charge in [-0.3, -0.25) is 0 Å². The zero-order valence-electron chi connectivity index (χ0n) is 7.52. The summed E-state index contributed by atoms with van der Waals surface area (Å²) in [4.78, 5) is 22.5. The molecule has 0 fully saturated rings. The summed E-state index contributed by atoms with van der Waals surface area (Å²) >= 11 is -2.21. The van der Waals surface area contributed by atoms with Gasteiger partial charge in [-0.25, -0.2) is 0 Å². The third-order valence-corrected chi connectivity index (χ3v) is 6.61. The van der Waals surface area contributed by atoms with E-state index in [0.717, 1.165) is 3.95 Å². The van der Waals surface area contributed by atoms with Crippen molar-refractivity contribution in [2.24, 2.45) is 0 Å². The van der Waals surface area contributed by atoms with Crippen molar-refractivity contribution >= 4 is 12.3 Å². The molecule has 1 rings (SSSR count). The van der Waals surface area contributed by atoms with E-state index in [1.54, 1.807) is 0 Å². The monoisotopic (exact) mass is 358 g/mol. The van der Waals surface area contributed by atoms with Gasteiger partial charge in [0.2, 0.25) is 0 Å². The van der Waals surface area contributed by atoms with Crippen LogP contribution in [0.15, 0.2) is 30.3 Å². The first-order valence-corrected chi connectivity index (χ1v) is 7.20. The Morgan fingerprint density at radius 2 is 1.46 bits per heavy atom. The number of hydrogen-bond acceptors (Lipinski definition) is 2. The van der Waals surface area contributed by atoms with Gasteiger partial charge in [-0.05, 0) is 0 Å². The summed E-state index contributed by atoms with van der Waals surface area (Å²) in [7, 11) is 0. The van der Waals surface area contributed by atoms with Gasteiger partial charge in [0.25, 0.3) is 0 Å². The Hall–Kier alpha value is -0.752. The molecular weight excluding hydrogens is 347 g/mol. The van der Waals surface area contributed by atoms with Gasteiger partial charge < -0.3 is 0 Å². The SMILES string of the molecule is C[C](=O)[Pt]([C](C)=O)[c]1ccccc1. The van der Waals surface area contributed by atoms with Gasteiger partial charge in [0.15, 0.2) is 0 Å². The Labute approximate surface area is 83.5 Å². The van der Waals surface area contributed by atoms with Crippen LogP contribution in [0.25, 0.3) is 0 Å². The summed E-state index contributed by atoms with van der Waals surface area (Å²) in [6.07, 6.45) is 0. The van der Waals surface area contributed by atoms with Crippen LogP contribution in [0.2, 0.25) is 0 Å². The van der Waals surface area contributed by atoms with E-state index < -0.39 is 17.3 Å². The van der Waals surface area contributed by atoms with Crippen LogP contribution in [0.5, 0.6) is 0 Å². The zero-order chi connectivity index (χ0) is 9.84. The van der Waals surface area contributed by atoms with Crippen LogP contribution in [0.3, 0.4) is 0 Å². The maximum atomic E-state index is 11.2. The van der Waals surface area contributed by atoms with Crippen molar-refractivity contribution in [1.82, 2.24) is 0 Å². The Morgan fingerprint density at radius 1 is 1.00 bits per heavy atom. The number of hydrogen-bond donors (Lipinski definition) is 0. The van der Waals surface area contributed by atoms with Crippen LogP contribution in [0.4, 0.5) is 0 Å². The van der Waals surface area contributed by atoms with Gasteiger partial charge in [0.1, 0.15) is 0 Å². The van der Waals surface area contributed by atoms with E-state index in [-0.39, 0.29) is 8.35 Å². The van der Waals surface area contributed by atoms with E-state index in [1.165, 1.54) is 13.8 Å². The molecule has 0 aliphatic heterocycles. The molecule has 0 aromatic heterocycles. The fourth-order valence-corrected chi connectivity index (χ4v) is 5.09. The average molecular weight is 358 g/mol. The minimum atomic E-state index is -2.21. The molecule has 13 heavy (non-hydrogen) atoms. The van der Waals surface area contributed by atoms with E-state index in [2.05, 4.69) is 0 Å².